The molecule has 2 aromatic rings. The van der Waals surface area contributed by atoms with Crippen molar-refractivity contribution in [3.8, 4) is 11.5 Å². The van der Waals surface area contributed by atoms with Crippen LogP contribution in [-0.4, -0.2) is 26.3 Å². The molecule has 0 N–H and O–H groups in total. The first-order valence-electron chi connectivity index (χ1n) is 6.17. The maximum Gasteiger partial charge on any atom is 0.264 e. The first-order chi connectivity index (χ1) is 9.74. The van der Waals surface area contributed by atoms with E-state index in [-0.39, 0.29) is 5.78 Å². The normalized spacial score (nSPS) is 11.7. The number of para-hydroxylation sites is 1. The lowest BCUT2D eigenvalue weighted by molar-refractivity contribution is -0.0317. The average molecular weight is 272 g/mol. The molecule has 4 heteroatoms. The van der Waals surface area contributed by atoms with Gasteiger partial charge >= 0.3 is 0 Å². The molecule has 104 valence electrons. The van der Waals surface area contributed by atoms with Crippen LogP contribution in [0.15, 0.2) is 54.6 Å². The minimum absolute atomic E-state index is 0.237. The van der Waals surface area contributed by atoms with Crippen LogP contribution in [0.4, 0.5) is 0 Å². The molecule has 0 heterocycles. The van der Waals surface area contributed by atoms with Gasteiger partial charge < -0.3 is 14.2 Å². The summed E-state index contributed by atoms with van der Waals surface area (Å²) >= 11 is 0. The topological polar surface area (TPSA) is 44.8 Å². The molecule has 0 aliphatic rings. The maximum atomic E-state index is 12.3. The third kappa shape index (κ3) is 3.36. The summed E-state index contributed by atoms with van der Waals surface area (Å²) in [6.07, 6.45) is -0.967. The van der Waals surface area contributed by atoms with E-state index in [9.17, 15) is 4.79 Å². The molecule has 2 rings (SSSR count). The number of hydrogen-bond acceptors (Lipinski definition) is 4. The van der Waals surface area contributed by atoms with Crippen LogP contribution in [0, 0.1) is 0 Å². The number of ether oxygens (including phenoxy) is 3. The van der Waals surface area contributed by atoms with Gasteiger partial charge in [0.05, 0.1) is 7.11 Å². The lowest BCUT2D eigenvalue weighted by atomic mass is 10.1. The van der Waals surface area contributed by atoms with Crippen LogP contribution in [-0.2, 0) is 4.74 Å². The predicted octanol–water partition coefficient (Wildman–Crippen LogP) is 2.93. The Morgan fingerprint density at radius 3 is 2.10 bits per heavy atom. The minimum Gasteiger partial charge on any atom is -0.497 e. The van der Waals surface area contributed by atoms with Crippen molar-refractivity contribution in [3.05, 3.63) is 60.2 Å². The summed E-state index contributed by atoms with van der Waals surface area (Å²) in [4.78, 5) is 12.3. The summed E-state index contributed by atoms with van der Waals surface area (Å²) in [7, 11) is 3.02. The predicted molar refractivity (Wildman–Crippen MR) is 75.2 cm³/mol. The van der Waals surface area contributed by atoms with Crippen LogP contribution in [0.2, 0.25) is 0 Å². The SMILES string of the molecule is COc1ccc(C(=O)C(OC)Oc2ccccc2)cc1. The van der Waals surface area contributed by atoms with Crippen molar-refractivity contribution >= 4 is 5.78 Å². The van der Waals surface area contributed by atoms with Crippen molar-refractivity contribution in [1.82, 2.24) is 0 Å². The number of benzene rings is 2. The zero-order valence-electron chi connectivity index (χ0n) is 11.4. The van der Waals surface area contributed by atoms with Crippen LogP contribution >= 0.6 is 0 Å². The lowest BCUT2D eigenvalue weighted by Gasteiger charge is -2.16. The van der Waals surface area contributed by atoms with Gasteiger partial charge in [0.25, 0.3) is 6.29 Å². The fourth-order valence-corrected chi connectivity index (χ4v) is 1.72. The molecule has 0 bridgehead atoms. The van der Waals surface area contributed by atoms with Crippen molar-refractivity contribution in [1.29, 1.82) is 0 Å². The number of hydrogen-bond donors (Lipinski definition) is 0. The Balaban J connectivity index is 2.12. The van der Waals surface area contributed by atoms with Crippen LogP contribution in [0.25, 0.3) is 0 Å². The Morgan fingerprint density at radius 2 is 1.55 bits per heavy atom. The second-order valence-corrected chi connectivity index (χ2v) is 4.09. The Labute approximate surface area is 117 Å². The summed E-state index contributed by atoms with van der Waals surface area (Å²) in [6, 6.07) is 15.9. The maximum absolute atomic E-state index is 12.3. The molecule has 0 saturated carbocycles. The van der Waals surface area contributed by atoms with E-state index < -0.39 is 6.29 Å². The van der Waals surface area contributed by atoms with Gasteiger partial charge in [0.15, 0.2) is 0 Å². The van der Waals surface area contributed by atoms with Gasteiger partial charge in [-0.3, -0.25) is 4.79 Å². The second kappa shape index (κ2) is 6.73. The number of rotatable bonds is 6. The van der Waals surface area contributed by atoms with Gasteiger partial charge in [0.1, 0.15) is 11.5 Å². The molecule has 0 fully saturated rings. The molecule has 0 aliphatic carbocycles. The van der Waals surface area contributed by atoms with E-state index in [1.54, 1.807) is 43.5 Å². The summed E-state index contributed by atoms with van der Waals surface area (Å²) in [5.41, 5.74) is 0.508. The van der Waals surface area contributed by atoms with Crippen molar-refractivity contribution in [3.63, 3.8) is 0 Å². The van der Waals surface area contributed by atoms with Crippen molar-refractivity contribution in [2.45, 2.75) is 6.29 Å². The van der Waals surface area contributed by atoms with E-state index >= 15 is 0 Å². The molecule has 2 aromatic carbocycles. The molecule has 1 unspecified atom stereocenters. The number of Topliss-reactive ketones (excluding diaryl/α,β-unsaturated/α-hetero) is 1. The fraction of sp³-hybridized carbons (Fsp3) is 0.188. The van der Waals surface area contributed by atoms with Gasteiger partial charge in [-0.15, -0.1) is 0 Å². The number of ketones is 1. The van der Waals surface area contributed by atoms with Gasteiger partial charge in [0.2, 0.25) is 5.78 Å². The van der Waals surface area contributed by atoms with Crippen LogP contribution < -0.4 is 9.47 Å². The zero-order valence-corrected chi connectivity index (χ0v) is 11.4. The van der Waals surface area contributed by atoms with Gasteiger partial charge in [-0.25, -0.2) is 0 Å². The van der Waals surface area contributed by atoms with Crippen molar-refractivity contribution in [2.75, 3.05) is 14.2 Å². The summed E-state index contributed by atoms with van der Waals surface area (Å²) in [6.45, 7) is 0. The molecule has 0 spiro atoms. The summed E-state index contributed by atoms with van der Waals surface area (Å²) < 4.78 is 15.7. The minimum atomic E-state index is -0.967. The lowest BCUT2D eigenvalue weighted by Crippen LogP contribution is -2.29. The molecular weight excluding hydrogens is 256 g/mol. The van der Waals surface area contributed by atoms with E-state index in [4.69, 9.17) is 14.2 Å². The molecule has 0 radical (unpaired) electrons. The van der Waals surface area contributed by atoms with Crippen LogP contribution in [0.3, 0.4) is 0 Å². The van der Waals surface area contributed by atoms with Crippen molar-refractivity contribution < 1.29 is 19.0 Å². The van der Waals surface area contributed by atoms with E-state index in [1.165, 1.54) is 7.11 Å². The van der Waals surface area contributed by atoms with E-state index in [0.29, 0.717) is 17.1 Å². The standard InChI is InChI=1S/C16H16O4/c1-18-13-10-8-12(9-11-13)15(17)16(19-2)20-14-6-4-3-5-7-14/h3-11,16H,1-2H3. The number of carbonyl (C=O) groups is 1. The highest BCUT2D eigenvalue weighted by atomic mass is 16.7. The quantitative estimate of drug-likeness (QED) is 0.599. The van der Waals surface area contributed by atoms with E-state index in [0.717, 1.165) is 0 Å². The highest BCUT2D eigenvalue weighted by molar-refractivity contribution is 5.98. The van der Waals surface area contributed by atoms with E-state index in [2.05, 4.69) is 0 Å². The molecule has 0 aromatic heterocycles. The van der Waals surface area contributed by atoms with E-state index in [1.807, 2.05) is 18.2 Å². The first kappa shape index (κ1) is 14.1. The summed E-state index contributed by atoms with van der Waals surface area (Å²) in [5.74, 6) is 1.04. The summed E-state index contributed by atoms with van der Waals surface area (Å²) in [5, 5.41) is 0. The van der Waals surface area contributed by atoms with Gasteiger partial charge in [0, 0.05) is 12.7 Å². The molecule has 20 heavy (non-hydrogen) atoms. The first-order valence-corrected chi connectivity index (χ1v) is 6.17. The van der Waals surface area contributed by atoms with Crippen LogP contribution in [0.5, 0.6) is 11.5 Å². The third-order valence-corrected chi connectivity index (χ3v) is 2.79. The Morgan fingerprint density at radius 1 is 0.900 bits per heavy atom. The largest absolute Gasteiger partial charge is 0.497 e. The van der Waals surface area contributed by atoms with Crippen LogP contribution in [0.1, 0.15) is 10.4 Å². The second-order valence-electron chi connectivity index (χ2n) is 4.09. The smallest absolute Gasteiger partial charge is 0.264 e. The van der Waals surface area contributed by atoms with Crippen molar-refractivity contribution in [2.24, 2.45) is 0 Å². The Bertz CT molecular complexity index is 548. The molecule has 4 nitrogen and oxygen atoms in total. The molecule has 1 atom stereocenters. The fourth-order valence-electron chi connectivity index (χ4n) is 1.72. The van der Waals surface area contributed by atoms with Gasteiger partial charge in [-0.05, 0) is 36.4 Å². The van der Waals surface area contributed by atoms with Gasteiger partial charge in [-0.2, -0.15) is 0 Å². The Hall–Kier alpha value is -2.33. The highest BCUT2D eigenvalue weighted by Gasteiger charge is 2.21. The van der Waals surface area contributed by atoms with Gasteiger partial charge in [-0.1, -0.05) is 18.2 Å². The molecule has 0 aliphatic heterocycles. The zero-order chi connectivity index (χ0) is 14.4. The Kier molecular flexibility index (Phi) is 4.74. The molecular formula is C16H16O4. The third-order valence-electron chi connectivity index (χ3n) is 2.79. The average Bonchev–Trinajstić information content (AvgIpc) is 2.53. The number of methoxy groups -OCH3 is 2. The molecule has 0 amide bonds. The number of carbonyl (C=O) groups excluding carboxylic acids is 1. The monoisotopic (exact) mass is 272 g/mol. The molecule has 0 saturated heterocycles. The highest BCUT2D eigenvalue weighted by Crippen LogP contribution is 2.16.